The third kappa shape index (κ3) is 3.39. The summed E-state index contributed by atoms with van der Waals surface area (Å²) in [6.07, 6.45) is 5.38. The summed E-state index contributed by atoms with van der Waals surface area (Å²) in [5.41, 5.74) is 1.10. The van der Waals surface area contributed by atoms with E-state index in [2.05, 4.69) is 26.7 Å². The summed E-state index contributed by atoms with van der Waals surface area (Å²) in [4.78, 5) is 2.52. The molecule has 0 bridgehead atoms. The van der Waals surface area contributed by atoms with Crippen molar-refractivity contribution in [2.75, 3.05) is 25.5 Å². The third-order valence-corrected chi connectivity index (χ3v) is 4.46. The molecule has 0 radical (unpaired) electrons. The highest BCUT2D eigenvalue weighted by molar-refractivity contribution is 7.10. The Morgan fingerprint density at radius 2 is 2.29 bits per heavy atom. The van der Waals surface area contributed by atoms with Crippen LogP contribution in [0.3, 0.4) is 0 Å². The molecule has 0 saturated carbocycles. The fourth-order valence-electron chi connectivity index (χ4n) is 2.51. The molecule has 1 aliphatic heterocycles. The number of rotatable bonds is 4. The van der Waals surface area contributed by atoms with Crippen molar-refractivity contribution in [3.05, 3.63) is 5.69 Å². The van der Waals surface area contributed by atoms with E-state index in [0.717, 1.165) is 23.2 Å². The molecule has 2 rings (SSSR count). The van der Waals surface area contributed by atoms with Gasteiger partial charge < -0.3 is 5.32 Å². The first kappa shape index (κ1) is 12.8. The van der Waals surface area contributed by atoms with Crippen LogP contribution in [0.5, 0.6) is 0 Å². The highest BCUT2D eigenvalue weighted by Crippen LogP contribution is 2.23. The number of nitrogens with zero attached hydrogens (tertiary/aromatic N) is 3. The molecule has 96 valence electrons. The Hall–Kier alpha value is -0.680. The van der Waals surface area contributed by atoms with Gasteiger partial charge in [0.15, 0.2) is 0 Å². The maximum atomic E-state index is 4.22. The molecule has 4 nitrogen and oxygen atoms in total. The summed E-state index contributed by atoms with van der Waals surface area (Å²) < 4.78 is 4.02. The van der Waals surface area contributed by atoms with Gasteiger partial charge in [0.1, 0.15) is 10.7 Å². The predicted octanol–water partition coefficient (Wildman–Crippen LogP) is 2.59. The summed E-state index contributed by atoms with van der Waals surface area (Å²) in [6.45, 7) is 5.67. The average Bonchev–Trinajstić information content (AvgIpc) is 2.67. The Kier molecular flexibility index (Phi) is 4.74. The first-order chi connectivity index (χ1) is 8.33. The second kappa shape index (κ2) is 6.31. The van der Waals surface area contributed by atoms with Gasteiger partial charge in [0.05, 0.1) is 0 Å². The average molecular weight is 254 g/mol. The van der Waals surface area contributed by atoms with Crippen LogP contribution in [0.1, 0.15) is 38.3 Å². The summed E-state index contributed by atoms with van der Waals surface area (Å²) in [5.74, 6) is 0.928. The first-order valence-corrected chi connectivity index (χ1v) is 7.32. The fraction of sp³-hybridized carbons (Fsp3) is 0.833. The van der Waals surface area contributed by atoms with Crippen LogP contribution in [-0.2, 0) is 6.54 Å². The summed E-state index contributed by atoms with van der Waals surface area (Å²) in [6, 6.07) is 0. The Morgan fingerprint density at radius 3 is 3.06 bits per heavy atom. The molecular weight excluding hydrogens is 232 g/mol. The predicted molar refractivity (Wildman–Crippen MR) is 72.4 cm³/mol. The monoisotopic (exact) mass is 254 g/mol. The van der Waals surface area contributed by atoms with E-state index < -0.39 is 0 Å². The van der Waals surface area contributed by atoms with Crippen LogP contribution in [0.2, 0.25) is 0 Å². The van der Waals surface area contributed by atoms with Gasteiger partial charge in [-0.05, 0) is 38.3 Å². The minimum Gasteiger partial charge on any atom is -0.377 e. The van der Waals surface area contributed by atoms with E-state index in [-0.39, 0.29) is 0 Å². The van der Waals surface area contributed by atoms with Crippen LogP contribution < -0.4 is 5.32 Å². The maximum absolute atomic E-state index is 4.22. The number of likely N-dealkylation sites (tertiary alicyclic amines) is 1. The molecule has 1 atom stereocenters. The van der Waals surface area contributed by atoms with E-state index in [1.807, 2.05) is 7.05 Å². The number of anilines is 1. The summed E-state index contributed by atoms with van der Waals surface area (Å²) >= 11 is 1.45. The van der Waals surface area contributed by atoms with Gasteiger partial charge in [0, 0.05) is 25.1 Å². The summed E-state index contributed by atoms with van der Waals surface area (Å²) in [5, 5.41) is 8.50. The molecule has 1 aromatic rings. The smallest absolute Gasteiger partial charge is 0.134 e. The molecule has 1 aromatic heterocycles. The van der Waals surface area contributed by atoms with Gasteiger partial charge in [-0.25, -0.2) is 0 Å². The maximum Gasteiger partial charge on any atom is 0.134 e. The highest BCUT2D eigenvalue weighted by Gasteiger charge is 2.17. The van der Waals surface area contributed by atoms with Crippen molar-refractivity contribution in [3.63, 3.8) is 0 Å². The Balaban J connectivity index is 1.90. The molecule has 0 amide bonds. The van der Waals surface area contributed by atoms with E-state index in [4.69, 9.17) is 0 Å². The van der Waals surface area contributed by atoms with Gasteiger partial charge in [-0.3, -0.25) is 4.90 Å². The molecule has 1 unspecified atom stereocenters. The van der Waals surface area contributed by atoms with Gasteiger partial charge in [-0.1, -0.05) is 17.8 Å². The van der Waals surface area contributed by atoms with Gasteiger partial charge in [0.2, 0.25) is 0 Å². The number of hydrogen-bond donors (Lipinski definition) is 1. The van der Waals surface area contributed by atoms with Crippen LogP contribution in [0, 0.1) is 5.92 Å². The SMILES string of the molecule is CCC1CCCN(Cc2nnsc2NC)CC1. The van der Waals surface area contributed by atoms with E-state index >= 15 is 0 Å². The molecule has 17 heavy (non-hydrogen) atoms. The van der Waals surface area contributed by atoms with E-state index in [0.29, 0.717) is 0 Å². The second-order valence-corrected chi connectivity index (χ2v) is 5.53. The standard InChI is InChI=1S/C12H22N4S/c1-3-10-5-4-7-16(8-6-10)9-11-12(13-2)17-15-14-11/h10,13H,3-9H2,1-2H3. The zero-order valence-electron chi connectivity index (χ0n) is 10.8. The van der Waals surface area contributed by atoms with Crippen molar-refractivity contribution in [1.29, 1.82) is 0 Å². The van der Waals surface area contributed by atoms with Gasteiger partial charge in [-0.15, -0.1) is 5.10 Å². The van der Waals surface area contributed by atoms with E-state index in [1.54, 1.807) is 0 Å². The molecule has 0 aromatic carbocycles. The Bertz CT molecular complexity index is 339. The van der Waals surface area contributed by atoms with Crippen molar-refractivity contribution in [1.82, 2.24) is 14.5 Å². The lowest BCUT2D eigenvalue weighted by Gasteiger charge is -2.19. The lowest BCUT2D eigenvalue weighted by molar-refractivity contribution is 0.269. The normalized spacial score (nSPS) is 22.4. The van der Waals surface area contributed by atoms with Crippen molar-refractivity contribution >= 4 is 16.5 Å². The van der Waals surface area contributed by atoms with Crippen molar-refractivity contribution in [2.45, 2.75) is 39.2 Å². The van der Waals surface area contributed by atoms with Gasteiger partial charge in [-0.2, -0.15) is 0 Å². The fourth-order valence-corrected chi connectivity index (χ4v) is 3.03. The molecule has 1 N–H and O–H groups in total. The number of hydrogen-bond acceptors (Lipinski definition) is 5. The van der Waals surface area contributed by atoms with Gasteiger partial charge in [0.25, 0.3) is 0 Å². The Morgan fingerprint density at radius 1 is 1.41 bits per heavy atom. The Labute approximate surface area is 108 Å². The topological polar surface area (TPSA) is 41.1 Å². The van der Waals surface area contributed by atoms with Crippen molar-refractivity contribution in [3.8, 4) is 0 Å². The van der Waals surface area contributed by atoms with Gasteiger partial charge >= 0.3 is 0 Å². The molecule has 2 heterocycles. The molecule has 0 aliphatic carbocycles. The zero-order chi connectivity index (χ0) is 12.1. The first-order valence-electron chi connectivity index (χ1n) is 6.54. The van der Waals surface area contributed by atoms with Crippen LogP contribution in [0.4, 0.5) is 5.00 Å². The third-order valence-electron chi connectivity index (χ3n) is 3.67. The van der Waals surface area contributed by atoms with Crippen molar-refractivity contribution in [2.24, 2.45) is 5.92 Å². The minimum absolute atomic E-state index is 0.928. The molecule has 1 aliphatic rings. The number of aromatic nitrogens is 2. The van der Waals surface area contributed by atoms with Crippen LogP contribution in [0.15, 0.2) is 0 Å². The lowest BCUT2D eigenvalue weighted by Crippen LogP contribution is -2.24. The van der Waals surface area contributed by atoms with Crippen LogP contribution in [0.25, 0.3) is 0 Å². The van der Waals surface area contributed by atoms with E-state index in [1.165, 1.54) is 50.3 Å². The number of nitrogens with one attached hydrogen (secondary N) is 1. The largest absolute Gasteiger partial charge is 0.377 e. The molecule has 0 spiro atoms. The molecule has 1 fully saturated rings. The minimum atomic E-state index is 0.928. The highest BCUT2D eigenvalue weighted by atomic mass is 32.1. The van der Waals surface area contributed by atoms with E-state index in [9.17, 15) is 0 Å². The molecule has 5 heteroatoms. The van der Waals surface area contributed by atoms with Crippen molar-refractivity contribution < 1.29 is 0 Å². The lowest BCUT2D eigenvalue weighted by atomic mass is 9.98. The zero-order valence-corrected chi connectivity index (χ0v) is 11.6. The molecular formula is C12H22N4S. The van der Waals surface area contributed by atoms with Crippen LogP contribution >= 0.6 is 11.5 Å². The summed E-state index contributed by atoms with van der Waals surface area (Å²) in [7, 11) is 1.94. The van der Waals surface area contributed by atoms with Crippen LogP contribution in [-0.4, -0.2) is 34.6 Å². The molecule has 1 saturated heterocycles. The second-order valence-electron chi connectivity index (χ2n) is 4.78. The quantitative estimate of drug-likeness (QED) is 0.896.